The summed E-state index contributed by atoms with van der Waals surface area (Å²) in [7, 11) is 0. The normalized spacial score (nSPS) is 20.9. The minimum Gasteiger partial charge on any atom is -0.266 e. The number of hydrogen-bond acceptors (Lipinski definition) is 2. The Morgan fingerprint density at radius 1 is 1.26 bits per heavy atom. The summed E-state index contributed by atoms with van der Waals surface area (Å²) in [6, 6.07) is 8.05. The van der Waals surface area contributed by atoms with Gasteiger partial charge in [0.25, 0.3) is 5.91 Å². The molecule has 1 aliphatic carbocycles. The topological polar surface area (TPSA) is 29.4 Å². The summed E-state index contributed by atoms with van der Waals surface area (Å²) in [5, 5.41) is 0.960. The van der Waals surface area contributed by atoms with E-state index in [1.54, 1.807) is 0 Å². The van der Waals surface area contributed by atoms with Gasteiger partial charge in [-0.15, -0.1) is 22.9 Å². The summed E-state index contributed by atoms with van der Waals surface area (Å²) in [4.78, 5) is 17.0. The van der Waals surface area contributed by atoms with Crippen LogP contribution in [0, 0.1) is 0 Å². The van der Waals surface area contributed by atoms with Crippen LogP contribution >= 0.6 is 22.9 Å². The number of hydrogen-bond donors (Lipinski definition) is 0. The molecule has 0 N–H and O–H groups in total. The highest BCUT2D eigenvalue weighted by molar-refractivity contribution is 7.21. The molecule has 92 valence electrons. The molecule has 4 rings (SSSR count). The van der Waals surface area contributed by atoms with E-state index in [0.29, 0.717) is 0 Å². The Morgan fingerprint density at radius 3 is 3.00 bits per heavy atom. The average Bonchev–Trinajstić information content (AvgIpc) is 2.80. The van der Waals surface area contributed by atoms with Gasteiger partial charge in [-0.2, -0.15) is 0 Å². The van der Waals surface area contributed by atoms with E-state index < -0.39 is 0 Å². The summed E-state index contributed by atoms with van der Waals surface area (Å²) in [6.07, 6.45) is 5.64. The third-order valence-electron chi connectivity index (χ3n) is 3.32. The van der Waals surface area contributed by atoms with Crippen molar-refractivity contribution in [1.82, 2.24) is 0 Å². The zero-order valence-electron chi connectivity index (χ0n) is 9.76. The van der Waals surface area contributed by atoms with Crippen LogP contribution in [0.5, 0.6) is 0 Å². The second kappa shape index (κ2) is 3.89. The van der Waals surface area contributed by atoms with E-state index in [4.69, 9.17) is 11.6 Å². The second-order valence-corrected chi connectivity index (χ2v) is 6.04. The predicted octanol–water partition coefficient (Wildman–Crippen LogP) is 4.06. The Labute approximate surface area is 118 Å². The fourth-order valence-electron chi connectivity index (χ4n) is 2.51. The molecule has 0 saturated heterocycles. The number of thiophene rings is 1. The first kappa shape index (κ1) is 11.1. The monoisotopic (exact) mass is 285 g/mol. The largest absolute Gasteiger partial charge is 0.288 e. The van der Waals surface area contributed by atoms with Crippen LogP contribution in [0.4, 0.5) is 0 Å². The smallest absolute Gasteiger partial charge is 0.266 e. The average molecular weight is 286 g/mol. The van der Waals surface area contributed by atoms with E-state index in [2.05, 4.69) is 4.99 Å². The van der Waals surface area contributed by atoms with Crippen molar-refractivity contribution in [2.24, 2.45) is 4.99 Å². The first-order chi connectivity index (χ1) is 9.24. The minimum atomic E-state index is -0.152. The van der Waals surface area contributed by atoms with Crippen molar-refractivity contribution >= 4 is 50.2 Å². The van der Waals surface area contributed by atoms with Crippen molar-refractivity contribution < 1.29 is 4.79 Å². The number of fused-ring (bicyclic) bond motifs is 5. The molecule has 19 heavy (non-hydrogen) atoms. The molecular formula is C15H8ClNOS. The van der Waals surface area contributed by atoms with Crippen molar-refractivity contribution in [1.29, 1.82) is 0 Å². The fourth-order valence-corrected chi connectivity index (χ4v) is 3.81. The molecule has 2 aromatic rings. The van der Waals surface area contributed by atoms with Gasteiger partial charge in [0.15, 0.2) is 0 Å². The SMILES string of the molecule is O=C1N=C2C=CC(Cl)C=C2c2c1sc1ccccc21. The van der Waals surface area contributed by atoms with E-state index >= 15 is 0 Å². The maximum absolute atomic E-state index is 12.1. The lowest BCUT2D eigenvalue weighted by molar-refractivity contribution is 0.101. The molecule has 2 heterocycles. The molecule has 0 saturated carbocycles. The van der Waals surface area contributed by atoms with Gasteiger partial charge < -0.3 is 0 Å². The lowest BCUT2D eigenvalue weighted by atomic mass is 9.91. The number of carbonyl (C=O) groups is 1. The number of halogens is 1. The van der Waals surface area contributed by atoms with Crippen LogP contribution in [0.1, 0.15) is 15.2 Å². The van der Waals surface area contributed by atoms with Crippen molar-refractivity contribution in [3.8, 4) is 0 Å². The molecule has 0 radical (unpaired) electrons. The first-order valence-corrected chi connectivity index (χ1v) is 7.19. The highest BCUT2D eigenvalue weighted by Gasteiger charge is 2.29. The maximum atomic E-state index is 12.1. The molecule has 2 aliphatic rings. The maximum Gasteiger partial charge on any atom is 0.288 e. The lowest BCUT2D eigenvalue weighted by Crippen LogP contribution is -2.15. The summed E-state index contributed by atoms with van der Waals surface area (Å²) in [5.41, 5.74) is 2.69. The highest BCUT2D eigenvalue weighted by atomic mass is 35.5. The molecular weight excluding hydrogens is 278 g/mol. The van der Waals surface area contributed by atoms with Gasteiger partial charge in [0.05, 0.1) is 11.1 Å². The van der Waals surface area contributed by atoms with Gasteiger partial charge >= 0.3 is 0 Å². The number of aliphatic imine (C=N–C) groups is 1. The zero-order chi connectivity index (χ0) is 13.0. The third-order valence-corrected chi connectivity index (χ3v) is 4.75. The lowest BCUT2D eigenvalue weighted by Gasteiger charge is -2.18. The number of benzene rings is 1. The molecule has 0 spiro atoms. The zero-order valence-corrected chi connectivity index (χ0v) is 11.3. The Balaban J connectivity index is 2.10. The molecule has 4 heteroatoms. The third kappa shape index (κ3) is 1.55. The first-order valence-electron chi connectivity index (χ1n) is 5.93. The number of nitrogens with zero attached hydrogens (tertiary/aromatic N) is 1. The van der Waals surface area contributed by atoms with Gasteiger partial charge in [-0.3, -0.25) is 4.79 Å². The molecule has 0 fully saturated rings. The summed E-state index contributed by atoms with van der Waals surface area (Å²) in [5.74, 6) is -0.152. The summed E-state index contributed by atoms with van der Waals surface area (Å²) < 4.78 is 1.11. The van der Waals surface area contributed by atoms with Crippen LogP contribution in [0.25, 0.3) is 15.7 Å². The van der Waals surface area contributed by atoms with Crippen molar-refractivity contribution in [2.75, 3.05) is 0 Å². The number of amides is 1. The van der Waals surface area contributed by atoms with E-state index in [9.17, 15) is 4.79 Å². The molecule has 1 unspecified atom stereocenters. The van der Waals surface area contributed by atoms with Crippen LogP contribution in [-0.4, -0.2) is 17.0 Å². The molecule has 2 nitrogen and oxygen atoms in total. The second-order valence-electron chi connectivity index (χ2n) is 4.49. The Kier molecular flexibility index (Phi) is 2.28. The van der Waals surface area contributed by atoms with E-state index in [1.807, 2.05) is 42.5 Å². The number of carbonyl (C=O) groups excluding carboxylic acids is 1. The van der Waals surface area contributed by atoms with E-state index in [1.165, 1.54) is 11.3 Å². The van der Waals surface area contributed by atoms with Crippen LogP contribution in [-0.2, 0) is 0 Å². The van der Waals surface area contributed by atoms with Gasteiger partial charge in [-0.25, -0.2) is 4.99 Å². The standard InChI is InChI=1S/C15H8ClNOS/c16-8-5-6-11-10(7-8)13-9-3-1-2-4-12(9)19-14(13)15(18)17-11/h1-8H. The fraction of sp³-hybridized carbons (Fsp3) is 0.0667. The number of allylic oxidation sites excluding steroid dienone is 4. The predicted molar refractivity (Wildman–Crippen MR) is 80.3 cm³/mol. The summed E-state index contributed by atoms with van der Waals surface area (Å²) >= 11 is 7.66. The molecule has 1 aliphatic heterocycles. The summed E-state index contributed by atoms with van der Waals surface area (Å²) in [6.45, 7) is 0. The Bertz CT molecular complexity index is 813. The minimum absolute atomic E-state index is 0.145. The quantitative estimate of drug-likeness (QED) is 0.671. The molecule has 1 aromatic heterocycles. The van der Waals surface area contributed by atoms with Crippen molar-refractivity contribution in [3.05, 3.63) is 52.9 Å². The van der Waals surface area contributed by atoms with E-state index in [-0.39, 0.29) is 11.3 Å². The number of rotatable bonds is 0. The molecule has 1 aromatic carbocycles. The van der Waals surface area contributed by atoms with Gasteiger partial charge in [-0.1, -0.05) is 30.4 Å². The Hall–Kier alpha value is -1.71. The van der Waals surface area contributed by atoms with Crippen LogP contribution in [0.2, 0.25) is 0 Å². The van der Waals surface area contributed by atoms with Crippen LogP contribution in [0.15, 0.2) is 47.5 Å². The van der Waals surface area contributed by atoms with Crippen LogP contribution in [0.3, 0.4) is 0 Å². The Morgan fingerprint density at radius 2 is 2.11 bits per heavy atom. The van der Waals surface area contributed by atoms with Crippen molar-refractivity contribution in [3.63, 3.8) is 0 Å². The van der Waals surface area contributed by atoms with Crippen molar-refractivity contribution in [2.45, 2.75) is 5.38 Å². The molecule has 0 bridgehead atoms. The highest BCUT2D eigenvalue weighted by Crippen LogP contribution is 2.40. The van der Waals surface area contributed by atoms with Gasteiger partial charge in [0.2, 0.25) is 0 Å². The van der Waals surface area contributed by atoms with E-state index in [0.717, 1.165) is 31.8 Å². The number of alkyl halides is 1. The van der Waals surface area contributed by atoms with Gasteiger partial charge in [0.1, 0.15) is 4.88 Å². The van der Waals surface area contributed by atoms with Gasteiger partial charge in [-0.05, 0) is 12.1 Å². The molecule has 1 amide bonds. The van der Waals surface area contributed by atoms with Crippen LogP contribution < -0.4 is 0 Å². The van der Waals surface area contributed by atoms with Gasteiger partial charge in [0, 0.05) is 21.2 Å². The molecule has 1 atom stereocenters.